The maximum Gasteiger partial charge on any atom is 0.257 e. The molecule has 4 rings (SSSR count). The molecule has 0 saturated heterocycles. The van der Waals surface area contributed by atoms with Gasteiger partial charge >= 0.3 is 0 Å². The van der Waals surface area contributed by atoms with Crippen LogP contribution in [0.2, 0.25) is 0 Å². The van der Waals surface area contributed by atoms with E-state index >= 15 is 0 Å². The van der Waals surface area contributed by atoms with Gasteiger partial charge in [-0.15, -0.1) is 11.3 Å². The van der Waals surface area contributed by atoms with Crippen molar-refractivity contribution in [2.75, 3.05) is 17.7 Å². The zero-order chi connectivity index (χ0) is 22.0. The van der Waals surface area contributed by atoms with E-state index in [1.54, 1.807) is 19.2 Å². The maximum absolute atomic E-state index is 13.1. The monoisotopic (exact) mass is 435 g/mol. The first-order valence-electron chi connectivity index (χ1n) is 10.3. The second-order valence-electron chi connectivity index (χ2n) is 7.79. The van der Waals surface area contributed by atoms with Gasteiger partial charge in [-0.05, 0) is 62.9 Å². The van der Waals surface area contributed by atoms with Crippen molar-refractivity contribution in [1.29, 1.82) is 0 Å². The highest BCUT2D eigenvalue weighted by molar-refractivity contribution is 7.16. The number of carbonyl (C=O) groups excluding carboxylic acids is 2. The van der Waals surface area contributed by atoms with Gasteiger partial charge in [-0.1, -0.05) is 23.8 Å². The van der Waals surface area contributed by atoms with Crippen molar-refractivity contribution < 1.29 is 14.3 Å². The van der Waals surface area contributed by atoms with Gasteiger partial charge in [-0.25, -0.2) is 4.98 Å². The molecule has 0 radical (unpaired) electrons. The zero-order valence-electron chi connectivity index (χ0n) is 17.8. The van der Waals surface area contributed by atoms with Crippen molar-refractivity contribution in [3.8, 4) is 5.75 Å². The van der Waals surface area contributed by atoms with Crippen LogP contribution in [-0.4, -0.2) is 23.9 Å². The van der Waals surface area contributed by atoms with Crippen LogP contribution in [-0.2, 0) is 11.2 Å². The van der Waals surface area contributed by atoms with Gasteiger partial charge in [-0.3, -0.25) is 14.9 Å². The lowest BCUT2D eigenvalue weighted by Gasteiger charge is -2.21. The van der Waals surface area contributed by atoms with Crippen LogP contribution in [0.15, 0.2) is 42.5 Å². The Balaban J connectivity index is 1.52. The van der Waals surface area contributed by atoms with Gasteiger partial charge in [0.25, 0.3) is 5.91 Å². The summed E-state index contributed by atoms with van der Waals surface area (Å²) in [6.45, 7) is 3.96. The summed E-state index contributed by atoms with van der Waals surface area (Å²) in [5, 5.41) is 6.41. The van der Waals surface area contributed by atoms with E-state index in [1.165, 1.54) is 11.3 Å². The molecule has 7 heteroatoms. The standard InChI is InChI=1S/C24H25N3O3S/c1-14-7-10-16(11-8-14)22(28)27-24-26-21-17(5-4-6-20(21)31-24)23(29)25-18-12-9-15(2)13-19(18)30-3/h7-13,17H,4-6H2,1-3H3,(H,25,29)(H,26,27,28). The fourth-order valence-electron chi connectivity index (χ4n) is 3.72. The fraction of sp³-hybridized carbons (Fsp3) is 0.292. The SMILES string of the molecule is COc1cc(C)ccc1NC(=O)C1CCCc2sc(NC(=O)c3ccc(C)cc3)nc21. The lowest BCUT2D eigenvalue weighted by molar-refractivity contribution is -0.118. The Morgan fingerprint density at radius 2 is 1.81 bits per heavy atom. The lowest BCUT2D eigenvalue weighted by atomic mass is 9.90. The lowest BCUT2D eigenvalue weighted by Crippen LogP contribution is -2.25. The Bertz CT molecular complexity index is 1120. The highest BCUT2D eigenvalue weighted by Crippen LogP contribution is 2.38. The summed E-state index contributed by atoms with van der Waals surface area (Å²) in [7, 11) is 1.59. The van der Waals surface area contributed by atoms with Crippen LogP contribution in [0.4, 0.5) is 10.8 Å². The summed E-state index contributed by atoms with van der Waals surface area (Å²) < 4.78 is 5.41. The van der Waals surface area contributed by atoms with Crippen molar-refractivity contribution in [3.63, 3.8) is 0 Å². The van der Waals surface area contributed by atoms with Crippen LogP contribution in [0.25, 0.3) is 0 Å². The molecular formula is C24H25N3O3S. The third-order valence-electron chi connectivity index (χ3n) is 5.42. The first kappa shape index (κ1) is 21.1. The molecule has 1 heterocycles. The van der Waals surface area contributed by atoms with Gasteiger partial charge in [-0.2, -0.15) is 0 Å². The van der Waals surface area contributed by atoms with E-state index < -0.39 is 0 Å². The number of nitrogens with one attached hydrogen (secondary N) is 2. The van der Waals surface area contributed by atoms with Gasteiger partial charge < -0.3 is 10.1 Å². The van der Waals surface area contributed by atoms with Gasteiger partial charge in [0.15, 0.2) is 5.13 Å². The molecule has 1 aliphatic carbocycles. The Hall–Kier alpha value is -3.19. The number of anilines is 2. The molecule has 6 nitrogen and oxygen atoms in total. The number of aromatic nitrogens is 1. The Morgan fingerprint density at radius 3 is 2.55 bits per heavy atom. The quantitative estimate of drug-likeness (QED) is 0.586. The van der Waals surface area contributed by atoms with Crippen LogP contribution < -0.4 is 15.4 Å². The second kappa shape index (κ2) is 8.89. The topological polar surface area (TPSA) is 80.3 Å². The minimum atomic E-state index is -0.351. The largest absolute Gasteiger partial charge is 0.495 e. The molecule has 2 aromatic carbocycles. The van der Waals surface area contributed by atoms with Crippen LogP contribution in [0.1, 0.15) is 50.8 Å². The minimum absolute atomic E-state index is 0.107. The van der Waals surface area contributed by atoms with Crippen LogP contribution >= 0.6 is 11.3 Å². The maximum atomic E-state index is 13.1. The van der Waals surface area contributed by atoms with E-state index in [1.807, 2.05) is 44.2 Å². The summed E-state index contributed by atoms with van der Waals surface area (Å²) in [6.07, 6.45) is 2.50. The Labute approximate surface area is 185 Å². The summed E-state index contributed by atoms with van der Waals surface area (Å²) in [4.78, 5) is 31.3. The first-order valence-corrected chi connectivity index (χ1v) is 11.1. The third-order valence-corrected chi connectivity index (χ3v) is 6.47. The smallest absolute Gasteiger partial charge is 0.257 e. The number of ether oxygens (including phenoxy) is 1. The van der Waals surface area contributed by atoms with E-state index in [4.69, 9.17) is 4.74 Å². The average Bonchev–Trinajstić information content (AvgIpc) is 3.17. The van der Waals surface area contributed by atoms with Crippen LogP contribution in [0, 0.1) is 13.8 Å². The van der Waals surface area contributed by atoms with Crippen molar-refractivity contribution in [3.05, 3.63) is 69.7 Å². The molecule has 3 aromatic rings. The number of thiazole rings is 1. The minimum Gasteiger partial charge on any atom is -0.495 e. The van der Waals surface area contributed by atoms with Crippen molar-refractivity contribution >= 4 is 34.0 Å². The zero-order valence-corrected chi connectivity index (χ0v) is 18.6. The number of methoxy groups -OCH3 is 1. The molecule has 31 heavy (non-hydrogen) atoms. The molecule has 1 atom stereocenters. The molecule has 2 amide bonds. The molecule has 0 aliphatic heterocycles. The first-order chi connectivity index (χ1) is 14.9. The number of carbonyl (C=O) groups is 2. The third kappa shape index (κ3) is 4.61. The average molecular weight is 436 g/mol. The fourth-order valence-corrected chi connectivity index (χ4v) is 4.78. The van der Waals surface area contributed by atoms with Gasteiger partial charge in [0, 0.05) is 10.4 Å². The van der Waals surface area contributed by atoms with Gasteiger partial charge in [0.05, 0.1) is 24.4 Å². The van der Waals surface area contributed by atoms with E-state index in [2.05, 4.69) is 15.6 Å². The van der Waals surface area contributed by atoms with Crippen molar-refractivity contribution in [1.82, 2.24) is 4.98 Å². The summed E-state index contributed by atoms with van der Waals surface area (Å²) in [5.74, 6) is -0.0222. The highest BCUT2D eigenvalue weighted by atomic mass is 32.1. The van der Waals surface area contributed by atoms with E-state index in [0.29, 0.717) is 22.1 Å². The Morgan fingerprint density at radius 1 is 1.06 bits per heavy atom. The number of amides is 2. The molecule has 0 spiro atoms. The molecule has 0 fully saturated rings. The normalized spacial score (nSPS) is 15.1. The highest BCUT2D eigenvalue weighted by Gasteiger charge is 2.31. The van der Waals surface area contributed by atoms with E-state index in [0.717, 1.165) is 41.0 Å². The van der Waals surface area contributed by atoms with E-state index in [-0.39, 0.29) is 17.7 Å². The molecule has 2 N–H and O–H groups in total. The second-order valence-corrected chi connectivity index (χ2v) is 8.87. The predicted octanol–water partition coefficient (Wildman–Crippen LogP) is 5.08. The van der Waals surface area contributed by atoms with Crippen LogP contribution in [0.5, 0.6) is 5.75 Å². The number of hydrogen-bond donors (Lipinski definition) is 2. The Kier molecular flexibility index (Phi) is 6.04. The number of benzene rings is 2. The molecule has 0 bridgehead atoms. The molecular weight excluding hydrogens is 410 g/mol. The molecule has 1 aliphatic rings. The van der Waals surface area contributed by atoms with Gasteiger partial charge in [0.2, 0.25) is 5.91 Å². The van der Waals surface area contributed by atoms with Crippen molar-refractivity contribution in [2.24, 2.45) is 0 Å². The number of aryl methyl sites for hydroxylation is 3. The summed E-state index contributed by atoms with van der Waals surface area (Å²) in [5.41, 5.74) is 4.15. The number of rotatable bonds is 5. The number of hydrogen-bond acceptors (Lipinski definition) is 5. The van der Waals surface area contributed by atoms with Crippen molar-refractivity contribution in [2.45, 2.75) is 39.0 Å². The molecule has 1 aromatic heterocycles. The summed E-state index contributed by atoms with van der Waals surface area (Å²) in [6, 6.07) is 13.1. The molecule has 0 saturated carbocycles. The van der Waals surface area contributed by atoms with Crippen LogP contribution in [0.3, 0.4) is 0 Å². The van der Waals surface area contributed by atoms with E-state index in [9.17, 15) is 9.59 Å². The summed E-state index contributed by atoms with van der Waals surface area (Å²) >= 11 is 1.45. The number of nitrogens with zero attached hydrogens (tertiary/aromatic N) is 1. The number of fused-ring (bicyclic) bond motifs is 1. The molecule has 1 unspecified atom stereocenters. The van der Waals surface area contributed by atoms with Gasteiger partial charge in [0.1, 0.15) is 5.75 Å². The predicted molar refractivity (Wildman–Crippen MR) is 123 cm³/mol. The molecule has 160 valence electrons.